The van der Waals surface area contributed by atoms with Gasteiger partial charge in [0.2, 0.25) is 0 Å². The molecule has 0 saturated heterocycles. The summed E-state index contributed by atoms with van der Waals surface area (Å²) in [4.78, 5) is 12.4. The first kappa shape index (κ1) is 18.0. The van der Waals surface area contributed by atoms with E-state index < -0.39 is 12.0 Å². The fourth-order valence-corrected chi connectivity index (χ4v) is 3.50. The molecule has 4 aromatic rings. The molecule has 28 heavy (non-hydrogen) atoms. The predicted octanol–water partition coefficient (Wildman–Crippen LogP) is 6.10. The van der Waals surface area contributed by atoms with Crippen molar-refractivity contribution in [2.75, 3.05) is 0 Å². The summed E-state index contributed by atoms with van der Waals surface area (Å²) in [5.41, 5.74) is 2.09. The molecule has 1 aromatic heterocycles. The van der Waals surface area contributed by atoms with Crippen molar-refractivity contribution in [3.05, 3.63) is 96.1 Å². The van der Waals surface area contributed by atoms with Crippen molar-refractivity contribution in [1.82, 2.24) is 4.57 Å². The van der Waals surface area contributed by atoms with Crippen molar-refractivity contribution in [2.24, 2.45) is 0 Å². The molecular weight excluding hydrogens is 363 g/mol. The number of carbonyl (C=O) groups excluding carboxylic acids is 1. The molecule has 0 N–H and O–H groups in total. The van der Waals surface area contributed by atoms with E-state index in [0.717, 1.165) is 5.56 Å². The molecule has 0 aliphatic carbocycles. The normalized spacial score (nSPS) is 11.7. The monoisotopic (exact) mass is 379 g/mol. The van der Waals surface area contributed by atoms with Crippen LogP contribution in [-0.2, 0) is 6.54 Å². The Morgan fingerprint density at radius 2 is 1.36 bits per heavy atom. The van der Waals surface area contributed by atoms with Crippen LogP contribution in [0.5, 0.6) is 0 Å². The number of fused-ring (bicyclic) bond motifs is 1. The molecule has 2 nitrogen and oxygen atoms in total. The van der Waals surface area contributed by atoms with Crippen LogP contribution in [0, 0.1) is 0 Å². The quantitative estimate of drug-likeness (QED) is 0.393. The number of alkyl halides is 3. The maximum atomic E-state index is 13.4. The van der Waals surface area contributed by atoms with E-state index in [1.54, 1.807) is 59.2 Å². The highest BCUT2D eigenvalue weighted by Crippen LogP contribution is 2.38. The van der Waals surface area contributed by atoms with Gasteiger partial charge in [-0.1, -0.05) is 78.9 Å². The predicted molar refractivity (Wildman–Crippen MR) is 103 cm³/mol. The highest BCUT2D eigenvalue weighted by Gasteiger charge is 2.42. The fraction of sp³-hybridized carbons (Fsp3) is 0.0870. The van der Waals surface area contributed by atoms with Gasteiger partial charge in [-0.15, -0.1) is 0 Å². The highest BCUT2D eigenvalue weighted by atomic mass is 19.4. The van der Waals surface area contributed by atoms with E-state index in [0.29, 0.717) is 23.0 Å². The molecule has 5 heteroatoms. The number of rotatable bonds is 4. The topological polar surface area (TPSA) is 22.0 Å². The Morgan fingerprint density at radius 3 is 2.00 bits per heavy atom. The van der Waals surface area contributed by atoms with Crippen LogP contribution >= 0.6 is 0 Å². The lowest BCUT2D eigenvalue weighted by atomic mass is 10.0. The lowest BCUT2D eigenvalue weighted by Crippen LogP contribution is -2.23. The summed E-state index contributed by atoms with van der Waals surface area (Å²) >= 11 is 0. The van der Waals surface area contributed by atoms with Gasteiger partial charge < -0.3 is 4.57 Å². The van der Waals surface area contributed by atoms with Crippen LogP contribution in [0.15, 0.2) is 84.9 Å². The number of hydrogen-bond acceptors (Lipinski definition) is 1. The van der Waals surface area contributed by atoms with Crippen molar-refractivity contribution in [2.45, 2.75) is 12.7 Å². The van der Waals surface area contributed by atoms with Crippen LogP contribution in [-0.4, -0.2) is 16.5 Å². The van der Waals surface area contributed by atoms with Gasteiger partial charge in [0.1, 0.15) is 0 Å². The molecule has 3 aromatic carbocycles. The average molecular weight is 379 g/mol. The molecule has 0 spiro atoms. The van der Waals surface area contributed by atoms with Gasteiger partial charge in [-0.25, -0.2) is 0 Å². The number of hydrogen-bond donors (Lipinski definition) is 0. The van der Waals surface area contributed by atoms with Crippen molar-refractivity contribution in [1.29, 1.82) is 0 Å². The van der Waals surface area contributed by atoms with E-state index in [4.69, 9.17) is 0 Å². The second-order valence-electron chi connectivity index (χ2n) is 6.51. The Bertz CT molecular complexity index is 1130. The van der Waals surface area contributed by atoms with Gasteiger partial charge in [0.25, 0.3) is 5.78 Å². The Morgan fingerprint density at radius 1 is 0.786 bits per heavy atom. The van der Waals surface area contributed by atoms with Gasteiger partial charge in [0.05, 0.1) is 11.3 Å². The first-order valence-corrected chi connectivity index (χ1v) is 8.79. The largest absolute Gasteiger partial charge is 0.454 e. The third-order valence-corrected chi connectivity index (χ3v) is 4.69. The molecular formula is C23H16F3NO. The van der Waals surface area contributed by atoms with Crippen molar-refractivity contribution in [3.63, 3.8) is 0 Å². The van der Waals surface area contributed by atoms with Gasteiger partial charge in [-0.2, -0.15) is 13.2 Å². The van der Waals surface area contributed by atoms with Crippen LogP contribution in [0.25, 0.3) is 22.2 Å². The number of nitrogens with zero attached hydrogens (tertiary/aromatic N) is 1. The molecule has 0 aliphatic heterocycles. The number of carbonyl (C=O) groups is 1. The van der Waals surface area contributed by atoms with E-state index in [2.05, 4.69) is 0 Å². The Balaban J connectivity index is 2.06. The Labute approximate surface area is 159 Å². The molecule has 1 heterocycles. The van der Waals surface area contributed by atoms with Crippen molar-refractivity contribution in [3.8, 4) is 11.3 Å². The van der Waals surface area contributed by atoms with E-state index in [1.165, 1.54) is 0 Å². The molecule has 0 aliphatic rings. The summed E-state index contributed by atoms with van der Waals surface area (Å²) in [5.74, 6) is -1.82. The number of Topliss-reactive ketones (excluding diaryl/α,β-unsaturated/α-hetero) is 1. The number of benzene rings is 3. The third-order valence-electron chi connectivity index (χ3n) is 4.69. The summed E-state index contributed by atoms with van der Waals surface area (Å²) in [6.07, 6.45) is -4.95. The maximum Gasteiger partial charge on any atom is 0.454 e. The summed E-state index contributed by atoms with van der Waals surface area (Å²) in [6, 6.07) is 24.9. The zero-order chi connectivity index (χ0) is 19.7. The van der Waals surface area contributed by atoms with Gasteiger partial charge in [-0.3, -0.25) is 4.79 Å². The molecule has 140 valence electrons. The zero-order valence-corrected chi connectivity index (χ0v) is 14.8. The van der Waals surface area contributed by atoms with Crippen LogP contribution < -0.4 is 0 Å². The third kappa shape index (κ3) is 3.20. The minimum atomic E-state index is -4.95. The summed E-state index contributed by atoms with van der Waals surface area (Å²) in [7, 11) is 0. The lowest BCUT2D eigenvalue weighted by Gasteiger charge is -2.13. The van der Waals surface area contributed by atoms with Gasteiger partial charge in [0, 0.05) is 17.4 Å². The van der Waals surface area contributed by atoms with E-state index in [9.17, 15) is 18.0 Å². The van der Waals surface area contributed by atoms with E-state index >= 15 is 0 Å². The first-order valence-electron chi connectivity index (χ1n) is 8.79. The van der Waals surface area contributed by atoms with Crippen molar-refractivity contribution < 1.29 is 18.0 Å². The van der Waals surface area contributed by atoms with Crippen LogP contribution in [0.3, 0.4) is 0 Å². The summed E-state index contributed by atoms with van der Waals surface area (Å²) in [5, 5.41) is 0.305. The highest BCUT2D eigenvalue weighted by molar-refractivity contribution is 6.15. The minimum absolute atomic E-state index is 0.285. The van der Waals surface area contributed by atoms with Gasteiger partial charge in [-0.05, 0) is 17.2 Å². The van der Waals surface area contributed by atoms with Crippen LogP contribution in [0.2, 0.25) is 0 Å². The number of aromatic nitrogens is 1. The Hall–Kier alpha value is -3.34. The SMILES string of the molecule is O=C(c1c(-c2ccccc2)n(Cc2ccccc2)c2ccccc12)C(F)(F)F. The van der Waals surface area contributed by atoms with Crippen LogP contribution in [0.1, 0.15) is 15.9 Å². The number of para-hydroxylation sites is 1. The first-order chi connectivity index (χ1) is 13.5. The molecule has 0 radical (unpaired) electrons. The Kier molecular flexibility index (Phi) is 4.51. The van der Waals surface area contributed by atoms with Gasteiger partial charge >= 0.3 is 6.18 Å². The summed E-state index contributed by atoms with van der Waals surface area (Å²) in [6.45, 7) is 0.358. The van der Waals surface area contributed by atoms with E-state index in [1.807, 2.05) is 30.3 Å². The molecule has 0 atom stereocenters. The second-order valence-corrected chi connectivity index (χ2v) is 6.51. The molecule has 0 amide bonds. The van der Waals surface area contributed by atoms with Crippen molar-refractivity contribution >= 4 is 16.7 Å². The molecule has 0 bridgehead atoms. The maximum absolute atomic E-state index is 13.4. The standard InChI is InChI=1S/C23H16F3NO/c24-23(25,26)22(28)20-18-13-7-8-14-19(18)27(15-16-9-3-1-4-10-16)21(20)17-11-5-2-6-12-17/h1-14H,15H2. The molecule has 4 rings (SSSR count). The molecule has 0 unspecified atom stereocenters. The zero-order valence-electron chi connectivity index (χ0n) is 14.8. The average Bonchev–Trinajstić information content (AvgIpc) is 3.02. The lowest BCUT2D eigenvalue weighted by molar-refractivity contribution is -0.0883. The smallest absolute Gasteiger partial charge is 0.335 e. The number of ketones is 1. The fourth-order valence-electron chi connectivity index (χ4n) is 3.50. The number of halogens is 3. The van der Waals surface area contributed by atoms with Crippen LogP contribution in [0.4, 0.5) is 13.2 Å². The van der Waals surface area contributed by atoms with E-state index in [-0.39, 0.29) is 11.3 Å². The second kappa shape index (κ2) is 7.00. The molecule has 0 saturated carbocycles. The van der Waals surface area contributed by atoms with Gasteiger partial charge in [0.15, 0.2) is 0 Å². The minimum Gasteiger partial charge on any atom is -0.335 e. The summed E-state index contributed by atoms with van der Waals surface area (Å²) < 4.78 is 42.1. The molecule has 0 fully saturated rings.